The summed E-state index contributed by atoms with van der Waals surface area (Å²) in [7, 11) is 1.68. The van der Waals surface area contributed by atoms with Gasteiger partial charge in [-0.25, -0.2) is 15.0 Å². The molecule has 1 aliphatic heterocycles. The van der Waals surface area contributed by atoms with E-state index >= 15 is 0 Å². The van der Waals surface area contributed by atoms with E-state index in [0.717, 1.165) is 56.4 Å². The van der Waals surface area contributed by atoms with E-state index in [9.17, 15) is 0 Å². The molecule has 10 heteroatoms. The SMILES string of the molecule is COc1ccc(CNc2nc3cc(CC(C)[C@@]45C[C@@H]4[C@@H](n4ccc6c(Cl)ncnc64)[C@@H]4OC(C)(C)O[C@@H]45)ccc3cc2Br)cc1. The molecule has 0 bridgehead atoms. The molecule has 3 aromatic heterocycles. The average molecular weight is 689 g/mol. The third-order valence-electron chi connectivity index (χ3n) is 10.2. The lowest BCUT2D eigenvalue weighted by Crippen LogP contribution is -2.35. The van der Waals surface area contributed by atoms with Crippen LogP contribution >= 0.6 is 27.5 Å². The molecule has 2 aliphatic carbocycles. The van der Waals surface area contributed by atoms with Crippen molar-refractivity contribution in [3.63, 3.8) is 0 Å². The molecule has 0 amide bonds. The van der Waals surface area contributed by atoms with E-state index in [2.05, 4.69) is 85.3 Å². The Morgan fingerprint density at radius 3 is 2.69 bits per heavy atom. The molecule has 6 atom stereocenters. The Morgan fingerprint density at radius 2 is 1.89 bits per heavy atom. The summed E-state index contributed by atoms with van der Waals surface area (Å²) in [5, 5.41) is 5.94. The summed E-state index contributed by atoms with van der Waals surface area (Å²) in [6.45, 7) is 7.09. The van der Waals surface area contributed by atoms with Crippen LogP contribution in [0.2, 0.25) is 5.15 Å². The predicted octanol–water partition coefficient (Wildman–Crippen LogP) is 7.98. The summed E-state index contributed by atoms with van der Waals surface area (Å²) >= 11 is 10.1. The number of ether oxygens (including phenoxy) is 3. The largest absolute Gasteiger partial charge is 0.497 e. The monoisotopic (exact) mass is 687 g/mol. The number of fused-ring (bicyclic) bond motifs is 5. The van der Waals surface area contributed by atoms with Gasteiger partial charge in [0.1, 0.15) is 34.8 Å². The lowest BCUT2D eigenvalue weighted by molar-refractivity contribution is -0.163. The molecule has 8 nitrogen and oxygen atoms in total. The van der Waals surface area contributed by atoms with Gasteiger partial charge in [0.2, 0.25) is 0 Å². The fourth-order valence-electron chi connectivity index (χ4n) is 8.06. The molecular weight excluding hydrogens is 654 g/mol. The van der Waals surface area contributed by atoms with E-state index < -0.39 is 5.79 Å². The van der Waals surface area contributed by atoms with Gasteiger partial charge < -0.3 is 24.1 Å². The highest BCUT2D eigenvalue weighted by Gasteiger charge is 2.77. The summed E-state index contributed by atoms with van der Waals surface area (Å²) in [6.07, 6.45) is 5.61. The number of aromatic nitrogens is 4. The first-order valence-electron chi connectivity index (χ1n) is 15.5. The van der Waals surface area contributed by atoms with Gasteiger partial charge in [-0.15, -0.1) is 0 Å². The van der Waals surface area contributed by atoms with Crippen LogP contribution in [0.4, 0.5) is 5.82 Å². The zero-order valence-corrected chi connectivity index (χ0v) is 28.0. The van der Waals surface area contributed by atoms with Crippen LogP contribution in [0.15, 0.2) is 71.6 Å². The zero-order valence-electron chi connectivity index (χ0n) is 25.6. The van der Waals surface area contributed by atoms with E-state index in [1.807, 2.05) is 32.0 Å². The topological polar surface area (TPSA) is 83.3 Å². The molecule has 1 unspecified atom stereocenters. The molecular formula is C35H35BrClN5O3. The molecule has 3 aliphatic rings. The molecule has 4 heterocycles. The number of hydrogen-bond acceptors (Lipinski definition) is 7. The van der Waals surface area contributed by atoms with Gasteiger partial charge in [0.25, 0.3) is 0 Å². The first-order chi connectivity index (χ1) is 21.7. The Kier molecular flexibility index (Phi) is 6.91. The quantitative estimate of drug-likeness (QED) is 0.166. The first-order valence-corrected chi connectivity index (χ1v) is 16.6. The molecule has 0 radical (unpaired) electrons. The molecule has 2 saturated carbocycles. The van der Waals surface area contributed by atoms with Crippen molar-refractivity contribution in [3.8, 4) is 5.75 Å². The van der Waals surface area contributed by atoms with Crippen molar-refractivity contribution in [1.82, 2.24) is 19.5 Å². The van der Waals surface area contributed by atoms with Crippen LogP contribution in [0.1, 0.15) is 44.4 Å². The molecule has 1 saturated heterocycles. The van der Waals surface area contributed by atoms with E-state index in [-0.39, 0.29) is 23.7 Å². The third-order valence-corrected chi connectivity index (χ3v) is 11.1. The van der Waals surface area contributed by atoms with Crippen LogP contribution in [0.5, 0.6) is 5.75 Å². The third kappa shape index (κ3) is 4.82. The van der Waals surface area contributed by atoms with Gasteiger partial charge in [0.05, 0.1) is 34.6 Å². The van der Waals surface area contributed by atoms with Crippen molar-refractivity contribution in [1.29, 1.82) is 0 Å². The molecule has 45 heavy (non-hydrogen) atoms. The minimum atomic E-state index is -0.640. The fraction of sp³-hybridized carbons (Fsp3) is 0.400. The molecule has 1 N–H and O–H groups in total. The van der Waals surface area contributed by atoms with Gasteiger partial charge >= 0.3 is 0 Å². The number of rotatable bonds is 8. The Balaban J connectivity index is 1.05. The van der Waals surface area contributed by atoms with Crippen molar-refractivity contribution in [2.75, 3.05) is 12.4 Å². The number of benzene rings is 2. The smallest absolute Gasteiger partial charge is 0.163 e. The molecule has 5 aromatic rings. The Labute approximate surface area is 275 Å². The highest BCUT2D eigenvalue weighted by molar-refractivity contribution is 9.10. The van der Waals surface area contributed by atoms with Gasteiger partial charge in [-0.2, -0.15) is 0 Å². The maximum atomic E-state index is 6.70. The van der Waals surface area contributed by atoms with Crippen LogP contribution in [0, 0.1) is 17.3 Å². The van der Waals surface area contributed by atoms with Gasteiger partial charge in [0.15, 0.2) is 5.79 Å². The van der Waals surface area contributed by atoms with Crippen molar-refractivity contribution in [2.24, 2.45) is 17.3 Å². The highest BCUT2D eigenvalue weighted by Crippen LogP contribution is 2.74. The van der Waals surface area contributed by atoms with Gasteiger partial charge in [-0.1, -0.05) is 42.8 Å². The summed E-state index contributed by atoms with van der Waals surface area (Å²) in [5.41, 5.74) is 4.28. The number of methoxy groups -OCH3 is 1. The number of nitrogens with zero attached hydrogens (tertiary/aromatic N) is 4. The van der Waals surface area contributed by atoms with Crippen molar-refractivity contribution in [2.45, 2.75) is 64.2 Å². The normalized spacial score (nSPS) is 27.0. The number of nitrogens with one attached hydrogen (secondary N) is 1. The van der Waals surface area contributed by atoms with E-state index in [0.29, 0.717) is 23.5 Å². The van der Waals surface area contributed by atoms with Crippen LogP contribution in [0.3, 0.4) is 0 Å². The molecule has 232 valence electrons. The summed E-state index contributed by atoms with van der Waals surface area (Å²) < 4.78 is 21.8. The maximum Gasteiger partial charge on any atom is 0.163 e. The second-order valence-corrected chi connectivity index (χ2v) is 14.4. The Hall–Kier alpha value is -3.24. The summed E-state index contributed by atoms with van der Waals surface area (Å²) in [4.78, 5) is 13.8. The van der Waals surface area contributed by atoms with Crippen LogP contribution in [-0.2, 0) is 22.4 Å². The minimum absolute atomic E-state index is 0.00977. The second-order valence-electron chi connectivity index (χ2n) is 13.2. The number of halogens is 2. The highest BCUT2D eigenvalue weighted by atomic mass is 79.9. The summed E-state index contributed by atoms with van der Waals surface area (Å²) in [6, 6.07) is 19.0. The minimum Gasteiger partial charge on any atom is -0.497 e. The predicted molar refractivity (Wildman–Crippen MR) is 179 cm³/mol. The van der Waals surface area contributed by atoms with Crippen molar-refractivity contribution in [3.05, 3.63) is 87.9 Å². The molecule has 8 rings (SSSR count). The standard InChI is InChI=1S/C35H35BrClN5O3/c1-19(13-21-5-8-22-15-26(36)32(41-27(22)14-21)38-17-20-6-9-23(43-4)10-7-20)35-16-25(35)28(29-30(35)45-34(2,3)44-29)42-12-11-24-31(37)39-18-40-33(24)42/h5-12,14-15,18-19,25,28-30H,13,16-17H2,1-4H3,(H,38,41)/t19?,25-,28-,29+,30+,35+/m1/s1. The lowest BCUT2D eigenvalue weighted by Gasteiger charge is -2.29. The molecule has 0 spiro atoms. The van der Waals surface area contributed by atoms with Crippen LogP contribution in [-0.4, -0.2) is 44.6 Å². The van der Waals surface area contributed by atoms with Gasteiger partial charge in [-0.3, -0.25) is 0 Å². The zero-order chi connectivity index (χ0) is 31.1. The summed E-state index contributed by atoms with van der Waals surface area (Å²) in [5.74, 6) is 1.83. The second kappa shape index (κ2) is 10.7. The maximum absolute atomic E-state index is 6.70. The average Bonchev–Trinajstić information content (AvgIpc) is 3.32. The van der Waals surface area contributed by atoms with Crippen molar-refractivity contribution < 1.29 is 14.2 Å². The lowest BCUT2D eigenvalue weighted by atomic mass is 9.81. The van der Waals surface area contributed by atoms with E-state index in [1.165, 1.54) is 5.56 Å². The molecule has 2 aromatic carbocycles. The number of anilines is 1. The van der Waals surface area contributed by atoms with Gasteiger partial charge in [0, 0.05) is 23.5 Å². The van der Waals surface area contributed by atoms with E-state index in [4.69, 9.17) is 30.8 Å². The first kappa shape index (κ1) is 29.2. The Bertz CT molecular complexity index is 1930. The van der Waals surface area contributed by atoms with Crippen LogP contribution in [0.25, 0.3) is 21.9 Å². The molecule has 3 fully saturated rings. The van der Waals surface area contributed by atoms with Crippen LogP contribution < -0.4 is 10.1 Å². The van der Waals surface area contributed by atoms with Gasteiger partial charge in [-0.05, 0) is 95.9 Å². The number of pyridine rings is 1. The van der Waals surface area contributed by atoms with Crippen molar-refractivity contribution >= 4 is 55.3 Å². The fourth-order valence-corrected chi connectivity index (χ4v) is 8.73. The van der Waals surface area contributed by atoms with E-state index in [1.54, 1.807) is 13.4 Å². The number of hydrogen-bond donors (Lipinski definition) is 1. The Morgan fingerprint density at radius 1 is 1.09 bits per heavy atom.